The van der Waals surface area contributed by atoms with Crippen LogP contribution in [0.5, 0.6) is 0 Å². The van der Waals surface area contributed by atoms with E-state index in [2.05, 4.69) is 15.0 Å². The summed E-state index contributed by atoms with van der Waals surface area (Å²) >= 11 is 0. The molecule has 4 heteroatoms. The zero-order valence-electron chi connectivity index (χ0n) is 13.1. The molecule has 0 aliphatic carbocycles. The molecule has 0 amide bonds. The SMILES string of the molecule is Cc1cncc(-c2ccc3nccc(-c4ccncc4)c3c2F)c1. The summed E-state index contributed by atoms with van der Waals surface area (Å²) in [5, 5.41) is 0.516. The molecule has 4 aromatic rings. The van der Waals surface area contributed by atoms with Crippen molar-refractivity contribution >= 4 is 10.9 Å². The van der Waals surface area contributed by atoms with Crippen LogP contribution in [0, 0.1) is 12.7 Å². The molecule has 0 N–H and O–H groups in total. The fourth-order valence-corrected chi connectivity index (χ4v) is 2.90. The maximum absolute atomic E-state index is 15.3. The van der Waals surface area contributed by atoms with Gasteiger partial charge in [0.05, 0.1) is 5.52 Å². The van der Waals surface area contributed by atoms with E-state index in [0.29, 0.717) is 16.5 Å². The number of aryl methyl sites for hydroxylation is 1. The van der Waals surface area contributed by atoms with Crippen LogP contribution in [0.3, 0.4) is 0 Å². The zero-order valence-corrected chi connectivity index (χ0v) is 13.1. The third-order valence-electron chi connectivity index (χ3n) is 4.02. The van der Waals surface area contributed by atoms with E-state index in [1.54, 1.807) is 37.1 Å². The predicted molar refractivity (Wildman–Crippen MR) is 92.9 cm³/mol. The monoisotopic (exact) mass is 315 g/mol. The van der Waals surface area contributed by atoms with E-state index >= 15 is 4.39 Å². The van der Waals surface area contributed by atoms with Gasteiger partial charge in [0.15, 0.2) is 0 Å². The maximum Gasteiger partial charge on any atom is 0.141 e. The van der Waals surface area contributed by atoms with Gasteiger partial charge in [-0.05, 0) is 60.0 Å². The molecule has 0 aliphatic heterocycles. The van der Waals surface area contributed by atoms with Crippen molar-refractivity contribution < 1.29 is 4.39 Å². The van der Waals surface area contributed by atoms with E-state index < -0.39 is 0 Å². The molecular weight excluding hydrogens is 301 g/mol. The number of nitrogens with zero attached hydrogens (tertiary/aromatic N) is 3. The van der Waals surface area contributed by atoms with Crippen molar-refractivity contribution in [2.45, 2.75) is 6.92 Å². The molecule has 3 aromatic heterocycles. The smallest absolute Gasteiger partial charge is 0.141 e. The maximum atomic E-state index is 15.3. The molecule has 3 nitrogen and oxygen atoms in total. The average molecular weight is 315 g/mol. The number of halogens is 1. The van der Waals surface area contributed by atoms with Gasteiger partial charge in [-0.2, -0.15) is 0 Å². The highest BCUT2D eigenvalue weighted by atomic mass is 19.1. The number of aromatic nitrogens is 3. The second kappa shape index (κ2) is 5.81. The molecule has 0 bridgehead atoms. The second-order valence-electron chi connectivity index (χ2n) is 5.67. The van der Waals surface area contributed by atoms with Gasteiger partial charge < -0.3 is 0 Å². The number of fused-ring (bicyclic) bond motifs is 1. The standard InChI is InChI=1S/C20H14FN3/c1-13-10-15(12-23-11-13)17-2-3-18-19(20(17)21)16(6-9-24-18)14-4-7-22-8-5-14/h2-12H,1H3. The first-order valence-electron chi connectivity index (χ1n) is 7.63. The van der Waals surface area contributed by atoms with Crippen molar-refractivity contribution in [3.05, 3.63) is 78.8 Å². The third-order valence-corrected chi connectivity index (χ3v) is 4.02. The first-order chi connectivity index (χ1) is 11.7. The van der Waals surface area contributed by atoms with Crippen molar-refractivity contribution in [1.29, 1.82) is 0 Å². The molecule has 0 atom stereocenters. The Morgan fingerprint density at radius 1 is 0.792 bits per heavy atom. The fraction of sp³-hybridized carbons (Fsp3) is 0.0500. The van der Waals surface area contributed by atoms with E-state index in [9.17, 15) is 0 Å². The van der Waals surface area contributed by atoms with Crippen LogP contribution in [0.25, 0.3) is 33.2 Å². The molecule has 0 radical (unpaired) electrons. The lowest BCUT2D eigenvalue weighted by Gasteiger charge is -2.11. The minimum atomic E-state index is -0.278. The van der Waals surface area contributed by atoms with Crippen molar-refractivity contribution in [2.75, 3.05) is 0 Å². The fourth-order valence-electron chi connectivity index (χ4n) is 2.90. The Kier molecular flexibility index (Phi) is 3.50. The zero-order chi connectivity index (χ0) is 16.5. The molecule has 0 fully saturated rings. The van der Waals surface area contributed by atoms with Gasteiger partial charge in [-0.25, -0.2) is 4.39 Å². The Morgan fingerprint density at radius 2 is 1.62 bits per heavy atom. The van der Waals surface area contributed by atoms with E-state index in [0.717, 1.165) is 22.3 Å². The summed E-state index contributed by atoms with van der Waals surface area (Å²) in [4.78, 5) is 12.5. The third kappa shape index (κ3) is 2.42. The molecule has 0 saturated heterocycles. The van der Waals surface area contributed by atoms with Crippen LogP contribution in [-0.4, -0.2) is 15.0 Å². The number of hydrogen-bond acceptors (Lipinski definition) is 3. The highest BCUT2D eigenvalue weighted by Gasteiger charge is 2.14. The van der Waals surface area contributed by atoms with Gasteiger partial charge >= 0.3 is 0 Å². The van der Waals surface area contributed by atoms with Crippen molar-refractivity contribution in [3.8, 4) is 22.3 Å². The van der Waals surface area contributed by atoms with Gasteiger partial charge in [-0.15, -0.1) is 0 Å². The van der Waals surface area contributed by atoms with Crippen LogP contribution < -0.4 is 0 Å². The average Bonchev–Trinajstić information content (AvgIpc) is 2.62. The van der Waals surface area contributed by atoms with E-state index in [-0.39, 0.29) is 5.82 Å². The minimum Gasteiger partial charge on any atom is -0.265 e. The van der Waals surface area contributed by atoms with Gasteiger partial charge in [0, 0.05) is 47.5 Å². The molecule has 4 rings (SSSR count). The topological polar surface area (TPSA) is 38.7 Å². The molecule has 3 heterocycles. The normalized spacial score (nSPS) is 10.9. The van der Waals surface area contributed by atoms with E-state index in [1.165, 1.54) is 0 Å². The number of benzene rings is 1. The molecule has 24 heavy (non-hydrogen) atoms. The summed E-state index contributed by atoms with van der Waals surface area (Å²) < 4.78 is 15.3. The summed E-state index contributed by atoms with van der Waals surface area (Å²) in [6, 6.07) is 11.1. The Balaban J connectivity index is 2.02. The van der Waals surface area contributed by atoms with Crippen molar-refractivity contribution in [2.24, 2.45) is 0 Å². The lowest BCUT2D eigenvalue weighted by Crippen LogP contribution is -1.93. The molecule has 0 spiro atoms. The first kappa shape index (κ1) is 14.5. The molecule has 1 aromatic carbocycles. The molecule has 0 aliphatic rings. The van der Waals surface area contributed by atoms with Crippen LogP contribution in [0.2, 0.25) is 0 Å². The quantitative estimate of drug-likeness (QED) is 0.533. The number of hydrogen-bond donors (Lipinski definition) is 0. The lowest BCUT2D eigenvalue weighted by atomic mass is 9.97. The van der Waals surface area contributed by atoms with E-state index in [4.69, 9.17) is 0 Å². The Bertz CT molecular complexity index is 1030. The molecule has 0 unspecified atom stereocenters. The highest BCUT2D eigenvalue weighted by molar-refractivity contribution is 5.97. The van der Waals surface area contributed by atoms with Crippen molar-refractivity contribution in [3.63, 3.8) is 0 Å². The summed E-state index contributed by atoms with van der Waals surface area (Å²) in [7, 11) is 0. The van der Waals surface area contributed by atoms with Crippen LogP contribution in [0.4, 0.5) is 4.39 Å². The van der Waals surface area contributed by atoms with Gasteiger partial charge in [-0.3, -0.25) is 15.0 Å². The lowest BCUT2D eigenvalue weighted by molar-refractivity contribution is 0.643. The Hall–Kier alpha value is -3.14. The number of pyridine rings is 3. The summed E-state index contributed by atoms with van der Waals surface area (Å²) in [5.74, 6) is -0.278. The largest absolute Gasteiger partial charge is 0.265 e. The van der Waals surface area contributed by atoms with E-state index in [1.807, 2.05) is 37.3 Å². The van der Waals surface area contributed by atoms with Crippen LogP contribution in [0.15, 0.2) is 67.4 Å². The molecule has 0 saturated carbocycles. The van der Waals surface area contributed by atoms with Gasteiger partial charge in [-0.1, -0.05) is 0 Å². The Labute approximate surface area is 138 Å². The van der Waals surface area contributed by atoms with Gasteiger partial charge in [0.2, 0.25) is 0 Å². The highest BCUT2D eigenvalue weighted by Crippen LogP contribution is 2.34. The minimum absolute atomic E-state index is 0.278. The summed E-state index contributed by atoms with van der Waals surface area (Å²) in [5.41, 5.74) is 4.64. The Morgan fingerprint density at radius 3 is 2.42 bits per heavy atom. The van der Waals surface area contributed by atoms with Crippen molar-refractivity contribution in [1.82, 2.24) is 15.0 Å². The number of rotatable bonds is 2. The second-order valence-corrected chi connectivity index (χ2v) is 5.67. The molecular formula is C20H14FN3. The van der Waals surface area contributed by atoms with Crippen LogP contribution >= 0.6 is 0 Å². The first-order valence-corrected chi connectivity index (χ1v) is 7.63. The predicted octanol–water partition coefficient (Wildman–Crippen LogP) is 4.81. The summed E-state index contributed by atoms with van der Waals surface area (Å²) in [6.45, 7) is 1.94. The van der Waals surface area contributed by atoms with Gasteiger partial charge in [0.1, 0.15) is 5.82 Å². The van der Waals surface area contributed by atoms with Gasteiger partial charge in [0.25, 0.3) is 0 Å². The van der Waals surface area contributed by atoms with Crippen LogP contribution in [0.1, 0.15) is 5.56 Å². The summed E-state index contributed by atoms with van der Waals surface area (Å²) in [6.07, 6.45) is 8.54. The molecule has 116 valence electrons. The van der Waals surface area contributed by atoms with Crippen LogP contribution in [-0.2, 0) is 0 Å².